The van der Waals surface area contributed by atoms with Gasteiger partial charge in [-0.15, -0.1) is 0 Å². The molecule has 0 unspecified atom stereocenters. The molecular formula is C120H74B4N4O4S2. The lowest BCUT2D eigenvalue weighted by Gasteiger charge is -2.33. The van der Waals surface area contributed by atoms with E-state index in [1.807, 2.05) is 23.5 Å². The minimum absolute atomic E-state index is 0.248. The Balaban J connectivity index is 0.000000133. The Bertz CT molecular complexity index is 8640. The molecule has 5 aromatic heterocycles. The van der Waals surface area contributed by atoms with Gasteiger partial charge in [-0.05, 0) is 223 Å². The fourth-order valence-corrected chi connectivity index (χ4v) is 24.6. The Hall–Kier alpha value is -16.2. The summed E-state index contributed by atoms with van der Waals surface area (Å²) in [6.45, 7) is -1.00. The second-order valence-electron chi connectivity index (χ2n) is 35.4. The van der Waals surface area contributed by atoms with Gasteiger partial charge >= 0.3 is 0 Å². The standard InChI is InChI=1S/C60H36B2N2O2S2.C60H38B2N2O2/c1-3-15-43-37(13-1)25-35-49-55(43)57-59(65-49)62(40-29-33-42(34-30-40)64-47-19-7-11-23-53(47)68-54-24-12-8-20-48(54)64)58-56-44-16-4-2-14-38(44)26-36-50(56)66-60(58)61(57)39-27-31-41(32-28-39)63-45-17-5-9-21-51(45)67-52-22-10-6-18-46(52)63;1-3-17-43(18-4-1)63(44-19-5-2-6-20-44)45-33-29-41(30-34-45)61-57-55-47-21-9-7-15-39(47)27-37-53(55)66-60(57)62(58-56-48-22-10-8-16-40(48)28-38-54(56)65-59(58)61)42-31-35-46(36-32-42)64-51-25-13-11-23-49(51)50-24-12-14-26-52(50)64/h1-36H;1-38H. The van der Waals surface area contributed by atoms with Crippen LogP contribution in [0.5, 0.6) is 0 Å². The van der Waals surface area contributed by atoms with E-state index in [0.29, 0.717) is 0 Å². The van der Waals surface area contributed by atoms with E-state index >= 15 is 0 Å². The van der Waals surface area contributed by atoms with Gasteiger partial charge in [-0.25, -0.2) is 0 Å². The van der Waals surface area contributed by atoms with Crippen molar-refractivity contribution in [2.24, 2.45) is 0 Å². The highest BCUT2D eigenvalue weighted by Crippen LogP contribution is 2.53. The summed E-state index contributed by atoms with van der Waals surface area (Å²) in [5.74, 6) is 0. The van der Waals surface area contributed by atoms with E-state index in [0.717, 1.165) is 144 Å². The maximum Gasteiger partial charge on any atom is 0.290 e. The second kappa shape index (κ2) is 30.7. The minimum Gasteiger partial charge on any atom is -0.471 e. The zero-order valence-corrected chi connectivity index (χ0v) is 73.9. The molecule has 0 bridgehead atoms. The van der Waals surface area contributed by atoms with Crippen LogP contribution < -0.4 is 81.0 Å². The minimum atomic E-state index is -0.253. The Morgan fingerprint density at radius 3 is 0.761 bits per heavy atom. The van der Waals surface area contributed by atoms with Gasteiger partial charge in [0.25, 0.3) is 26.9 Å². The average molecular weight is 1740 g/mol. The molecule has 0 radical (unpaired) electrons. The fraction of sp³-hybridized carbons (Fsp3) is 0. The van der Waals surface area contributed by atoms with Crippen molar-refractivity contribution in [1.29, 1.82) is 0 Å². The summed E-state index contributed by atoms with van der Waals surface area (Å²) in [5, 5.41) is 16.5. The molecule has 29 rings (SSSR count). The Morgan fingerprint density at radius 2 is 0.448 bits per heavy atom. The van der Waals surface area contributed by atoms with Crippen molar-refractivity contribution < 1.29 is 17.7 Å². The number of aromatic nitrogens is 1. The van der Waals surface area contributed by atoms with Crippen LogP contribution in [0.25, 0.3) is 114 Å². The zero-order valence-electron chi connectivity index (χ0n) is 72.3. The van der Waals surface area contributed by atoms with Gasteiger partial charge in [0.1, 0.15) is 22.3 Å². The van der Waals surface area contributed by atoms with Gasteiger partial charge in [0.15, 0.2) is 0 Å². The topological polar surface area (TPSA) is 67.2 Å². The van der Waals surface area contributed by atoms with Crippen molar-refractivity contribution in [2.75, 3.05) is 14.7 Å². The first-order valence-corrected chi connectivity index (χ1v) is 47.5. The highest BCUT2D eigenvalue weighted by Gasteiger charge is 2.50. The largest absolute Gasteiger partial charge is 0.471 e. The van der Waals surface area contributed by atoms with E-state index in [9.17, 15) is 0 Å². The van der Waals surface area contributed by atoms with Crippen molar-refractivity contribution in [3.63, 3.8) is 0 Å². The third-order valence-electron chi connectivity index (χ3n) is 28.2. The van der Waals surface area contributed by atoms with Crippen LogP contribution in [0.15, 0.2) is 486 Å². The smallest absolute Gasteiger partial charge is 0.290 e. The lowest BCUT2D eigenvalue weighted by molar-refractivity contribution is 0.647. The number of anilines is 9. The molecule has 4 aliphatic rings. The molecule has 622 valence electrons. The number of benzene rings is 20. The zero-order chi connectivity index (χ0) is 87.7. The highest BCUT2D eigenvalue weighted by atomic mass is 32.2. The molecule has 8 nitrogen and oxygen atoms in total. The summed E-state index contributed by atoms with van der Waals surface area (Å²) in [4.78, 5) is 12.1. The molecule has 9 heterocycles. The summed E-state index contributed by atoms with van der Waals surface area (Å²) >= 11 is 3.66. The van der Waals surface area contributed by atoms with Gasteiger partial charge in [0, 0.05) is 86.0 Å². The van der Waals surface area contributed by atoms with Crippen LogP contribution in [0, 0.1) is 0 Å². The van der Waals surface area contributed by atoms with Crippen molar-refractivity contribution >= 4 is 277 Å². The molecule has 0 atom stereocenters. The van der Waals surface area contributed by atoms with E-state index in [4.69, 9.17) is 17.7 Å². The normalized spacial score (nSPS) is 13.1. The van der Waals surface area contributed by atoms with Gasteiger partial charge in [-0.1, -0.05) is 337 Å². The van der Waals surface area contributed by atoms with Crippen LogP contribution in [0.4, 0.5) is 51.2 Å². The Morgan fingerprint density at radius 1 is 0.201 bits per heavy atom. The van der Waals surface area contributed by atoms with Crippen molar-refractivity contribution in [1.82, 2.24) is 4.57 Å². The molecule has 0 spiro atoms. The summed E-state index contributed by atoms with van der Waals surface area (Å²) in [6.07, 6.45) is 0. The number of rotatable bonds is 10. The molecule has 4 aliphatic heterocycles. The third-order valence-corrected chi connectivity index (χ3v) is 30.5. The van der Waals surface area contributed by atoms with E-state index < -0.39 is 0 Å². The summed E-state index contributed by atoms with van der Waals surface area (Å²) in [5.41, 5.74) is 30.3. The van der Waals surface area contributed by atoms with Crippen LogP contribution >= 0.6 is 23.5 Å². The average Bonchev–Trinajstić information content (AvgIpc) is 1.53. The maximum atomic E-state index is 7.38. The van der Waals surface area contributed by atoms with E-state index in [1.165, 1.54) is 107 Å². The molecule has 0 amide bonds. The Labute approximate surface area is 781 Å². The quantitative estimate of drug-likeness (QED) is 0.125. The Kier molecular flexibility index (Phi) is 17.6. The molecule has 134 heavy (non-hydrogen) atoms. The van der Waals surface area contributed by atoms with Crippen LogP contribution in [-0.4, -0.2) is 31.4 Å². The fourth-order valence-electron chi connectivity index (χ4n) is 22.5. The maximum absolute atomic E-state index is 7.38. The molecule has 20 aromatic carbocycles. The van der Waals surface area contributed by atoms with E-state index in [1.54, 1.807) is 0 Å². The van der Waals surface area contributed by atoms with Crippen molar-refractivity contribution in [3.05, 3.63) is 449 Å². The van der Waals surface area contributed by atoms with Gasteiger partial charge in [-0.2, -0.15) is 0 Å². The molecule has 0 aliphatic carbocycles. The number of hydrogen-bond donors (Lipinski definition) is 0. The molecule has 0 saturated heterocycles. The molecule has 0 fully saturated rings. The third kappa shape index (κ3) is 11.9. The number of furan rings is 4. The number of hydrogen-bond acceptors (Lipinski definition) is 9. The monoisotopic (exact) mass is 1740 g/mol. The van der Waals surface area contributed by atoms with E-state index in [2.05, 4.69) is 468 Å². The van der Waals surface area contributed by atoms with Crippen LogP contribution in [-0.2, 0) is 0 Å². The molecular weight excluding hydrogens is 1670 g/mol. The summed E-state index contributed by atoms with van der Waals surface area (Å²) in [7, 11) is 0. The summed E-state index contributed by atoms with van der Waals surface area (Å²) < 4.78 is 31.8. The lowest BCUT2D eigenvalue weighted by atomic mass is 9.23. The van der Waals surface area contributed by atoms with Gasteiger partial charge < -0.3 is 36.9 Å². The second-order valence-corrected chi connectivity index (χ2v) is 37.5. The predicted octanol–water partition coefficient (Wildman–Crippen LogP) is 24.1. The molecule has 25 aromatic rings. The molecule has 0 saturated carbocycles. The first-order valence-electron chi connectivity index (χ1n) is 45.9. The molecule has 14 heteroatoms. The number of nitrogens with zero attached hydrogens (tertiary/aromatic N) is 4. The van der Waals surface area contributed by atoms with Gasteiger partial charge in [0.2, 0.25) is 0 Å². The number of fused-ring (bicyclic) bond motifs is 27. The first kappa shape index (κ1) is 76.6. The summed E-state index contributed by atoms with van der Waals surface area (Å²) in [6, 6.07) is 162. The van der Waals surface area contributed by atoms with Crippen LogP contribution in [0.1, 0.15) is 0 Å². The lowest BCUT2D eigenvalue weighted by Crippen LogP contribution is -2.73. The number of para-hydroxylation sites is 8. The first-order chi connectivity index (χ1) is 66.5. The van der Waals surface area contributed by atoms with Gasteiger partial charge in [0.05, 0.1) is 56.4 Å². The predicted molar refractivity (Wildman–Crippen MR) is 566 cm³/mol. The van der Waals surface area contributed by atoms with Crippen LogP contribution in [0.2, 0.25) is 0 Å². The SMILES string of the molecule is c1ccc(N(c2ccccc2)c2ccc(B3c4oc5ccc6ccccc6c5c4B(c4ccc(-n5c6ccccc6c6ccccc65)cc4)c4oc5ccc6ccccc6c5c43)cc2)cc1.c1ccc2c(c1)Sc1ccccc1N2c1ccc(B2c3oc4ccc5ccccc5c4c3B(c3ccc(N4c5ccccc5Sc5ccccc54)cc3)c3oc4ccc5ccccc5c4c32)cc1. The van der Waals surface area contributed by atoms with Gasteiger partial charge in [-0.3, -0.25) is 0 Å². The highest BCUT2D eigenvalue weighted by molar-refractivity contribution is 8.00. The van der Waals surface area contributed by atoms with Crippen molar-refractivity contribution in [2.45, 2.75) is 19.6 Å². The molecule has 0 N–H and O–H groups in total. The van der Waals surface area contributed by atoms with Crippen molar-refractivity contribution in [3.8, 4) is 5.69 Å². The van der Waals surface area contributed by atoms with Crippen LogP contribution in [0.3, 0.4) is 0 Å². The van der Waals surface area contributed by atoms with E-state index in [-0.39, 0.29) is 26.9 Å².